The third-order valence-electron chi connectivity index (χ3n) is 0. The molecule has 20 valence electrons. The Bertz CT molecular complexity index is 6.00. The molecule has 0 fully saturated rings. The number of rotatable bonds is 0. The predicted molar refractivity (Wildman–Crippen MR) is 18.7 cm³/mol. The van der Waals surface area contributed by atoms with Crippen molar-refractivity contribution >= 4 is 60.8 Å². The zero-order valence-electron chi connectivity index (χ0n) is 2.41. The molecule has 0 aromatic carbocycles. The van der Waals surface area contributed by atoms with Gasteiger partial charge >= 0.3 is 0 Å². The first-order valence-electron chi connectivity index (χ1n) is 0. The van der Waals surface area contributed by atoms with Gasteiger partial charge in [-0.05, 0) is 0 Å². The summed E-state index contributed by atoms with van der Waals surface area (Å²) in [4.78, 5) is 0. The number of hydrogen-bond acceptors (Lipinski definition) is 0. The van der Waals surface area contributed by atoms with E-state index >= 15 is 0 Å². The third-order valence-corrected chi connectivity index (χ3v) is 0. The molecule has 0 spiro atoms. The summed E-state index contributed by atoms with van der Waals surface area (Å²) in [5.74, 6) is 0. The molecule has 4 heavy (non-hydrogen) atoms. The fourth-order valence-electron chi connectivity index (χ4n) is 0. The minimum Gasteiger partial charge on any atom is -0.412 e. The van der Waals surface area contributed by atoms with Crippen LogP contribution in [0.1, 0.15) is 0 Å². The van der Waals surface area contributed by atoms with Gasteiger partial charge in [0.1, 0.15) is 0 Å². The van der Waals surface area contributed by atoms with Gasteiger partial charge in [-0.15, -0.1) is 0 Å². The second-order valence-corrected chi connectivity index (χ2v) is 0. The van der Waals surface area contributed by atoms with Gasteiger partial charge in [0.2, 0.25) is 0 Å². The topological polar surface area (TPSA) is 63.0 Å². The first-order chi connectivity index (χ1) is 0. The van der Waals surface area contributed by atoms with Gasteiger partial charge in [-0.25, -0.2) is 0 Å². The second kappa shape index (κ2) is 20.3. The van der Waals surface area contributed by atoms with Crippen LogP contribution in [0.3, 0.4) is 0 Å². The molecule has 0 atom stereocenters. The molecule has 0 aromatic heterocycles. The van der Waals surface area contributed by atoms with Crippen LogP contribution in [0.5, 0.6) is 0 Å². The maximum atomic E-state index is 0. The Labute approximate surface area is 70.7 Å². The van der Waals surface area contributed by atoms with Crippen LogP contribution in [-0.2, 0) is 0 Å². The molecule has 0 aromatic rings. The molecule has 0 heterocycles. The second-order valence-electron chi connectivity index (χ2n) is 0. The van der Waals surface area contributed by atoms with E-state index < -0.39 is 0 Å². The fraction of sp³-hybridized carbons (Fsp3) is 0. The Morgan fingerprint density at radius 2 is 0.750 bits per heavy atom. The van der Waals surface area contributed by atoms with E-state index in [-0.39, 0.29) is 71.7 Å². The molecule has 4 heteroatoms. The van der Waals surface area contributed by atoms with Crippen molar-refractivity contribution < 1.29 is 11.0 Å². The number of hydrogen-bond donors (Lipinski definition) is 0. The van der Waals surface area contributed by atoms with Crippen LogP contribution >= 0.6 is 0 Å². The van der Waals surface area contributed by atoms with E-state index in [1.54, 1.807) is 0 Å². The molecule has 0 amide bonds. The van der Waals surface area contributed by atoms with Crippen LogP contribution < -0.4 is 0 Å². The first kappa shape index (κ1) is 38.4. The summed E-state index contributed by atoms with van der Waals surface area (Å²) in [5, 5.41) is 0. The maximum Gasteiger partial charge on any atom is 0 e. The normalized spacial score (nSPS) is 0. The molecule has 2 nitrogen and oxygen atoms in total. The van der Waals surface area contributed by atoms with E-state index in [2.05, 4.69) is 0 Å². The van der Waals surface area contributed by atoms with Crippen molar-refractivity contribution in [1.29, 1.82) is 0 Å². The largest absolute Gasteiger partial charge is 0.412 e. The Hall–Kier alpha value is 1.95. The van der Waals surface area contributed by atoms with Gasteiger partial charge in [0.15, 0.2) is 0 Å². The molecule has 0 bridgehead atoms. The monoisotopic (exact) mass is 100.0 g/mol. The molecule has 4 radical (unpaired) electrons. The minimum atomic E-state index is 0. The van der Waals surface area contributed by atoms with Crippen LogP contribution in [0.2, 0.25) is 0 Å². The molecule has 0 unspecified atom stereocenters. The molecule has 0 saturated heterocycles. The van der Waals surface area contributed by atoms with E-state index in [0.717, 1.165) is 0 Å². The van der Waals surface area contributed by atoms with Crippen molar-refractivity contribution in [3.8, 4) is 0 Å². The SMILES string of the molecule is O.O.[Ca].[Mg]. The quantitative estimate of drug-likeness (QED) is 0.305. The van der Waals surface area contributed by atoms with Gasteiger partial charge in [0.25, 0.3) is 0 Å². The van der Waals surface area contributed by atoms with Gasteiger partial charge in [-0.2, -0.15) is 0 Å². The summed E-state index contributed by atoms with van der Waals surface area (Å²) in [7, 11) is 0. The summed E-state index contributed by atoms with van der Waals surface area (Å²) in [5.41, 5.74) is 0. The molecular formula is H4CaMgO2. The van der Waals surface area contributed by atoms with Gasteiger partial charge in [0, 0.05) is 60.8 Å². The zero-order valence-corrected chi connectivity index (χ0v) is 6.04. The molecule has 0 saturated carbocycles. The van der Waals surface area contributed by atoms with Crippen molar-refractivity contribution in [2.75, 3.05) is 0 Å². The molecule has 4 N–H and O–H groups in total. The summed E-state index contributed by atoms with van der Waals surface area (Å²) >= 11 is 0. The Balaban J connectivity index is 0. The van der Waals surface area contributed by atoms with Gasteiger partial charge in [-0.1, -0.05) is 0 Å². The van der Waals surface area contributed by atoms with Crippen molar-refractivity contribution in [2.24, 2.45) is 0 Å². The summed E-state index contributed by atoms with van der Waals surface area (Å²) in [6, 6.07) is 0. The third kappa shape index (κ3) is 9.04. The van der Waals surface area contributed by atoms with Crippen molar-refractivity contribution in [3.05, 3.63) is 0 Å². The Morgan fingerprint density at radius 1 is 0.750 bits per heavy atom. The van der Waals surface area contributed by atoms with Crippen molar-refractivity contribution in [2.45, 2.75) is 0 Å². The van der Waals surface area contributed by atoms with Crippen LogP contribution in [0, 0.1) is 0 Å². The Kier molecular flexibility index (Phi) is 195. The van der Waals surface area contributed by atoms with E-state index in [1.807, 2.05) is 0 Å². The standard InChI is InChI=1S/Ca.Mg.2H2O/h;;2*1H2. The van der Waals surface area contributed by atoms with Crippen LogP contribution in [-0.4, -0.2) is 71.7 Å². The fourth-order valence-corrected chi connectivity index (χ4v) is 0. The van der Waals surface area contributed by atoms with Crippen LogP contribution in [0.15, 0.2) is 0 Å². The smallest absolute Gasteiger partial charge is 0 e. The summed E-state index contributed by atoms with van der Waals surface area (Å²) in [6.45, 7) is 0. The van der Waals surface area contributed by atoms with E-state index in [9.17, 15) is 0 Å². The molecule has 0 aliphatic rings. The minimum absolute atomic E-state index is 0. The van der Waals surface area contributed by atoms with Crippen LogP contribution in [0.4, 0.5) is 0 Å². The Morgan fingerprint density at radius 3 is 0.750 bits per heavy atom. The molecule has 0 rings (SSSR count). The van der Waals surface area contributed by atoms with E-state index in [4.69, 9.17) is 0 Å². The average molecular weight is 100 g/mol. The summed E-state index contributed by atoms with van der Waals surface area (Å²) < 4.78 is 0. The molecule has 0 aliphatic carbocycles. The molecule has 0 aliphatic heterocycles. The van der Waals surface area contributed by atoms with Gasteiger partial charge in [0.05, 0.1) is 0 Å². The van der Waals surface area contributed by atoms with Crippen molar-refractivity contribution in [1.82, 2.24) is 0 Å². The van der Waals surface area contributed by atoms with Crippen molar-refractivity contribution in [3.63, 3.8) is 0 Å². The summed E-state index contributed by atoms with van der Waals surface area (Å²) in [6.07, 6.45) is 0. The van der Waals surface area contributed by atoms with Crippen LogP contribution in [0.25, 0.3) is 0 Å². The van der Waals surface area contributed by atoms with E-state index in [1.165, 1.54) is 0 Å². The van der Waals surface area contributed by atoms with Gasteiger partial charge in [-0.3, -0.25) is 0 Å². The predicted octanol–water partition coefficient (Wildman–Crippen LogP) is -2.41. The molecular weight excluding hydrogens is 96.4 g/mol. The van der Waals surface area contributed by atoms with Gasteiger partial charge < -0.3 is 11.0 Å². The average Bonchev–Trinajstić information content (AvgIpc) is 0. The first-order valence-corrected chi connectivity index (χ1v) is 0. The maximum absolute atomic E-state index is 0. The zero-order chi connectivity index (χ0) is 0. The van der Waals surface area contributed by atoms with E-state index in [0.29, 0.717) is 0 Å².